The molecule has 1 heterocycles. The van der Waals surface area contributed by atoms with Crippen LogP contribution in [0.4, 0.5) is 0 Å². The molecule has 0 aromatic rings. The zero-order chi connectivity index (χ0) is 9.97. The Morgan fingerprint density at radius 1 is 1.29 bits per heavy atom. The maximum Gasteiger partial charge on any atom is 0.0196 e. The fourth-order valence-electron chi connectivity index (χ4n) is 2.71. The van der Waals surface area contributed by atoms with Gasteiger partial charge in [-0.3, -0.25) is 4.90 Å². The first kappa shape index (κ1) is 10.4. The molecule has 2 fully saturated rings. The van der Waals surface area contributed by atoms with Crippen molar-refractivity contribution in [3.05, 3.63) is 0 Å². The predicted octanol–water partition coefficient (Wildman–Crippen LogP) is 1.99. The number of hydrogen-bond acceptors (Lipinski definition) is 2. The van der Waals surface area contributed by atoms with Gasteiger partial charge in [0.2, 0.25) is 0 Å². The average Bonchev–Trinajstić information content (AvgIpc) is 3.02. The van der Waals surface area contributed by atoms with Crippen LogP contribution in [0.5, 0.6) is 0 Å². The third-order valence-corrected chi connectivity index (χ3v) is 3.89. The second kappa shape index (κ2) is 4.63. The Morgan fingerprint density at radius 3 is 2.71 bits per heavy atom. The molecule has 1 aliphatic carbocycles. The molecular weight excluding hydrogens is 172 g/mol. The van der Waals surface area contributed by atoms with E-state index in [1.54, 1.807) is 0 Å². The molecule has 2 aliphatic rings. The van der Waals surface area contributed by atoms with E-state index in [2.05, 4.69) is 11.8 Å². The molecule has 0 spiro atoms. The van der Waals surface area contributed by atoms with Crippen molar-refractivity contribution in [1.82, 2.24) is 4.90 Å². The summed E-state index contributed by atoms with van der Waals surface area (Å²) >= 11 is 0. The van der Waals surface area contributed by atoms with Crippen LogP contribution in [0.2, 0.25) is 0 Å². The Labute approximate surface area is 87.8 Å². The Balaban J connectivity index is 1.80. The van der Waals surface area contributed by atoms with Crippen LogP contribution in [0.25, 0.3) is 0 Å². The highest BCUT2D eigenvalue weighted by Gasteiger charge is 2.31. The summed E-state index contributed by atoms with van der Waals surface area (Å²) in [6.07, 6.45) is 8.27. The molecule has 82 valence electrons. The van der Waals surface area contributed by atoms with Crippen molar-refractivity contribution >= 4 is 0 Å². The molecule has 0 radical (unpaired) electrons. The molecule has 14 heavy (non-hydrogen) atoms. The fraction of sp³-hybridized carbons (Fsp3) is 1.00. The van der Waals surface area contributed by atoms with Crippen LogP contribution >= 0.6 is 0 Å². The number of hydrogen-bond donors (Lipinski definition) is 1. The van der Waals surface area contributed by atoms with Crippen LogP contribution in [0.15, 0.2) is 0 Å². The maximum absolute atomic E-state index is 6.19. The number of nitrogens with zero attached hydrogens (tertiary/aromatic N) is 1. The van der Waals surface area contributed by atoms with Crippen molar-refractivity contribution in [2.45, 2.75) is 57.5 Å². The monoisotopic (exact) mass is 196 g/mol. The van der Waals surface area contributed by atoms with Gasteiger partial charge in [-0.25, -0.2) is 0 Å². The largest absolute Gasteiger partial charge is 0.326 e. The molecule has 0 bridgehead atoms. The van der Waals surface area contributed by atoms with E-state index in [0.29, 0.717) is 6.04 Å². The topological polar surface area (TPSA) is 29.3 Å². The maximum atomic E-state index is 6.19. The first-order chi connectivity index (χ1) is 6.81. The van der Waals surface area contributed by atoms with Gasteiger partial charge in [-0.2, -0.15) is 0 Å². The highest BCUT2D eigenvalue weighted by atomic mass is 15.2. The molecule has 2 atom stereocenters. The molecule has 1 aliphatic heterocycles. The number of piperidine rings is 1. The molecular formula is C12H24N2. The Hall–Kier alpha value is -0.0800. The van der Waals surface area contributed by atoms with Gasteiger partial charge < -0.3 is 5.73 Å². The van der Waals surface area contributed by atoms with Crippen LogP contribution in [-0.2, 0) is 0 Å². The van der Waals surface area contributed by atoms with Gasteiger partial charge in [0.25, 0.3) is 0 Å². The summed E-state index contributed by atoms with van der Waals surface area (Å²) in [6, 6.07) is 1.29. The van der Waals surface area contributed by atoms with Gasteiger partial charge in [-0.15, -0.1) is 0 Å². The summed E-state index contributed by atoms with van der Waals surface area (Å²) in [5.41, 5.74) is 6.19. The van der Waals surface area contributed by atoms with E-state index in [-0.39, 0.29) is 0 Å². The summed E-state index contributed by atoms with van der Waals surface area (Å²) < 4.78 is 0. The van der Waals surface area contributed by atoms with Crippen molar-refractivity contribution < 1.29 is 0 Å². The summed E-state index contributed by atoms with van der Waals surface area (Å²) in [5.74, 6) is 0.856. The molecule has 1 saturated carbocycles. The SMILES string of the molecule is CCC1CCCCN1CC(N)C1CC1. The van der Waals surface area contributed by atoms with Gasteiger partial charge in [0.15, 0.2) is 0 Å². The normalized spacial score (nSPS) is 31.7. The summed E-state index contributed by atoms with van der Waals surface area (Å²) in [6.45, 7) is 4.76. The second-order valence-electron chi connectivity index (χ2n) is 5.05. The first-order valence-electron chi connectivity index (χ1n) is 6.31. The van der Waals surface area contributed by atoms with Gasteiger partial charge in [0, 0.05) is 18.6 Å². The molecule has 0 amide bonds. The summed E-state index contributed by atoms with van der Waals surface area (Å²) in [5, 5.41) is 0. The van der Waals surface area contributed by atoms with E-state index in [0.717, 1.165) is 18.5 Å². The lowest BCUT2D eigenvalue weighted by Crippen LogP contribution is -2.46. The van der Waals surface area contributed by atoms with Crippen molar-refractivity contribution in [1.29, 1.82) is 0 Å². The average molecular weight is 196 g/mol. The van der Waals surface area contributed by atoms with E-state index in [9.17, 15) is 0 Å². The Morgan fingerprint density at radius 2 is 2.07 bits per heavy atom. The number of rotatable bonds is 4. The minimum absolute atomic E-state index is 0.460. The zero-order valence-electron chi connectivity index (χ0n) is 9.41. The lowest BCUT2D eigenvalue weighted by Gasteiger charge is -2.36. The van der Waals surface area contributed by atoms with Crippen molar-refractivity contribution in [2.75, 3.05) is 13.1 Å². The second-order valence-corrected chi connectivity index (χ2v) is 5.05. The number of nitrogens with two attached hydrogens (primary N) is 1. The van der Waals surface area contributed by atoms with Gasteiger partial charge in [0.1, 0.15) is 0 Å². The van der Waals surface area contributed by atoms with Crippen LogP contribution in [0, 0.1) is 5.92 Å². The minimum atomic E-state index is 0.460. The molecule has 0 aromatic heterocycles. The quantitative estimate of drug-likeness (QED) is 0.745. The first-order valence-corrected chi connectivity index (χ1v) is 6.31. The third kappa shape index (κ3) is 2.48. The molecule has 2 unspecified atom stereocenters. The number of likely N-dealkylation sites (tertiary alicyclic amines) is 1. The molecule has 2 N–H and O–H groups in total. The van der Waals surface area contributed by atoms with Gasteiger partial charge in [-0.05, 0) is 44.6 Å². The van der Waals surface area contributed by atoms with E-state index in [4.69, 9.17) is 5.73 Å². The van der Waals surface area contributed by atoms with Crippen molar-refractivity contribution in [3.63, 3.8) is 0 Å². The molecule has 2 rings (SSSR count). The van der Waals surface area contributed by atoms with E-state index in [1.807, 2.05) is 0 Å². The van der Waals surface area contributed by atoms with E-state index < -0.39 is 0 Å². The van der Waals surface area contributed by atoms with Crippen LogP contribution in [-0.4, -0.2) is 30.1 Å². The van der Waals surface area contributed by atoms with E-state index in [1.165, 1.54) is 45.1 Å². The molecule has 1 saturated heterocycles. The lowest BCUT2D eigenvalue weighted by molar-refractivity contribution is 0.132. The van der Waals surface area contributed by atoms with Crippen LogP contribution < -0.4 is 5.73 Å². The van der Waals surface area contributed by atoms with Crippen LogP contribution in [0.3, 0.4) is 0 Å². The molecule has 2 nitrogen and oxygen atoms in total. The smallest absolute Gasteiger partial charge is 0.0196 e. The molecule has 0 aromatic carbocycles. The van der Waals surface area contributed by atoms with Crippen molar-refractivity contribution in [2.24, 2.45) is 11.7 Å². The third-order valence-electron chi connectivity index (χ3n) is 3.89. The van der Waals surface area contributed by atoms with Crippen LogP contribution in [0.1, 0.15) is 45.4 Å². The zero-order valence-corrected chi connectivity index (χ0v) is 9.41. The Bertz CT molecular complexity index is 177. The fourth-order valence-corrected chi connectivity index (χ4v) is 2.71. The van der Waals surface area contributed by atoms with Crippen molar-refractivity contribution in [3.8, 4) is 0 Å². The minimum Gasteiger partial charge on any atom is -0.326 e. The highest BCUT2D eigenvalue weighted by molar-refractivity contribution is 4.88. The van der Waals surface area contributed by atoms with Gasteiger partial charge >= 0.3 is 0 Å². The van der Waals surface area contributed by atoms with E-state index >= 15 is 0 Å². The van der Waals surface area contributed by atoms with Gasteiger partial charge in [0.05, 0.1) is 0 Å². The van der Waals surface area contributed by atoms with Gasteiger partial charge in [-0.1, -0.05) is 13.3 Å². The Kier molecular flexibility index (Phi) is 3.45. The summed E-state index contributed by atoms with van der Waals surface area (Å²) in [7, 11) is 0. The lowest BCUT2D eigenvalue weighted by atomic mass is 9.99. The highest BCUT2D eigenvalue weighted by Crippen LogP contribution is 2.32. The summed E-state index contributed by atoms with van der Waals surface area (Å²) in [4.78, 5) is 2.65. The standard InChI is InChI=1S/C12H24N2/c1-2-11-5-3-4-8-14(11)9-12(13)10-6-7-10/h10-12H,2-9,13H2,1H3. The molecule has 2 heteroatoms. The predicted molar refractivity (Wildman–Crippen MR) is 60.2 cm³/mol.